The molecule has 0 atom stereocenters. The highest BCUT2D eigenvalue weighted by molar-refractivity contribution is 6.02. The molecule has 6 aromatic rings. The van der Waals surface area contributed by atoms with Gasteiger partial charge in [0, 0.05) is 0 Å². The fraction of sp³-hybridized carbons (Fsp3) is 0. The van der Waals surface area contributed by atoms with E-state index in [1.165, 1.54) is 0 Å². The number of hydrogen-bond donors (Lipinski definition) is 0. The Morgan fingerprint density at radius 2 is 0.812 bits per heavy atom. The molecule has 0 amide bonds. The third kappa shape index (κ3) is 3.19. The first-order valence-corrected chi connectivity index (χ1v) is 10.4. The number of aromatic nitrogens is 2. The van der Waals surface area contributed by atoms with Crippen LogP contribution in [0.15, 0.2) is 118 Å². The van der Waals surface area contributed by atoms with Crippen LogP contribution in [0.4, 0.5) is 0 Å². The molecule has 32 heavy (non-hydrogen) atoms. The van der Waals surface area contributed by atoms with Crippen LogP contribution in [0.2, 0.25) is 0 Å². The van der Waals surface area contributed by atoms with Crippen molar-refractivity contribution in [3.8, 4) is 0 Å². The number of fused-ring (bicyclic) bond motifs is 2. The summed E-state index contributed by atoms with van der Waals surface area (Å²) in [5.41, 5.74) is 6.70. The molecule has 2 heterocycles. The minimum Gasteiger partial charge on any atom is -0.436 e. The first kappa shape index (κ1) is 18.3. The molecule has 0 spiro atoms. The van der Waals surface area contributed by atoms with Gasteiger partial charge in [0.2, 0.25) is 11.8 Å². The van der Waals surface area contributed by atoms with Gasteiger partial charge in [-0.05, 0) is 35.4 Å². The first-order chi connectivity index (χ1) is 15.9. The zero-order valence-corrected chi connectivity index (χ0v) is 17.1. The van der Waals surface area contributed by atoms with Crippen LogP contribution in [-0.4, -0.2) is 9.97 Å². The van der Waals surface area contributed by atoms with E-state index in [-0.39, 0.29) is 0 Å². The molecular weight excluding hydrogens is 396 g/mol. The van der Waals surface area contributed by atoms with Gasteiger partial charge in [0.05, 0.1) is 11.1 Å². The van der Waals surface area contributed by atoms with Crippen molar-refractivity contribution in [2.45, 2.75) is 0 Å². The molecule has 0 saturated heterocycles. The third-order valence-corrected chi connectivity index (χ3v) is 5.39. The molecule has 4 heteroatoms. The van der Waals surface area contributed by atoms with E-state index in [9.17, 15) is 0 Å². The van der Waals surface area contributed by atoms with Crippen LogP contribution in [0.25, 0.3) is 33.3 Å². The van der Waals surface area contributed by atoms with Crippen LogP contribution in [-0.2, 0) is 0 Å². The third-order valence-electron chi connectivity index (χ3n) is 5.39. The van der Waals surface area contributed by atoms with E-state index in [2.05, 4.69) is 24.3 Å². The normalized spacial score (nSPS) is 12.2. The van der Waals surface area contributed by atoms with Gasteiger partial charge in [-0.3, -0.25) is 0 Å². The second kappa shape index (κ2) is 7.67. The summed E-state index contributed by atoms with van der Waals surface area (Å²) in [5.74, 6) is 1.05. The predicted molar refractivity (Wildman–Crippen MR) is 126 cm³/mol. The highest BCUT2D eigenvalue weighted by Gasteiger charge is 2.24. The van der Waals surface area contributed by atoms with Crippen LogP contribution in [0.1, 0.15) is 22.9 Å². The van der Waals surface area contributed by atoms with Crippen LogP contribution in [0.3, 0.4) is 0 Å². The number of oxazole rings is 2. The molecule has 0 aliphatic heterocycles. The monoisotopic (exact) mass is 414 g/mol. The number of hydrogen-bond acceptors (Lipinski definition) is 4. The SMILES string of the molecule is c1ccc(/C(=C(/c2ccccc2)c2nc3ccccc3o2)c2nc3ccccc3o2)cc1. The van der Waals surface area contributed by atoms with Gasteiger partial charge < -0.3 is 8.83 Å². The zero-order valence-electron chi connectivity index (χ0n) is 17.1. The quantitative estimate of drug-likeness (QED) is 0.292. The molecule has 152 valence electrons. The largest absolute Gasteiger partial charge is 0.436 e. The van der Waals surface area contributed by atoms with Crippen LogP contribution in [0, 0.1) is 0 Å². The van der Waals surface area contributed by atoms with Gasteiger partial charge in [0.15, 0.2) is 11.2 Å². The van der Waals surface area contributed by atoms with E-state index in [1.54, 1.807) is 0 Å². The van der Waals surface area contributed by atoms with E-state index in [1.807, 2.05) is 84.9 Å². The molecule has 0 radical (unpaired) electrons. The van der Waals surface area contributed by atoms with Crippen molar-refractivity contribution in [1.82, 2.24) is 9.97 Å². The van der Waals surface area contributed by atoms with E-state index in [0.717, 1.165) is 44.5 Å². The van der Waals surface area contributed by atoms with Crippen molar-refractivity contribution in [2.75, 3.05) is 0 Å². The summed E-state index contributed by atoms with van der Waals surface area (Å²) in [6, 6.07) is 35.8. The summed E-state index contributed by atoms with van der Waals surface area (Å²) in [6.07, 6.45) is 0. The molecule has 4 nitrogen and oxygen atoms in total. The van der Waals surface area contributed by atoms with E-state index in [4.69, 9.17) is 18.8 Å². The summed E-state index contributed by atoms with van der Waals surface area (Å²) < 4.78 is 12.5. The Bertz CT molecular complexity index is 1380. The minimum atomic E-state index is 0.526. The molecule has 0 saturated carbocycles. The first-order valence-electron chi connectivity index (χ1n) is 10.4. The average molecular weight is 414 g/mol. The second-order valence-electron chi connectivity index (χ2n) is 7.46. The maximum atomic E-state index is 6.24. The number of rotatable bonds is 4. The Morgan fingerprint density at radius 3 is 1.22 bits per heavy atom. The highest BCUT2D eigenvalue weighted by atomic mass is 16.4. The van der Waals surface area contributed by atoms with Gasteiger partial charge in [-0.25, -0.2) is 9.97 Å². The van der Waals surface area contributed by atoms with Gasteiger partial charge in [-0.1, -0.05) is 84.9 Å². The maximum absolute atomic E-state index is 6.24. The van der Waals surface area contributed by atoms with E-state index < -0.39 is 0 Å². The Kier molecular flexibility index (Phi) is 4.40. The van der Waals surface area contributed by atoms with Gasteiger partial charge in [0.1, 0.15) is 11.0 Å². The van der Waals surface area contributed by atoms with Crippen LogP contribution < -0.4 is 0 Å². The molecule has 0 N–H and O–H groups in total. The summed E-state index contributed by atoms with van der Waals surface area (Å²) in [4.78, 5) is 9.64. The minimum absolute atomic E-state index is 0.526. The Labute approximate surface area is 184 Å². The van der Waals surface area contributed by atoms with Gasteiger partial charge in [0.25, 0.3) is 0 Å². The van der Waals surface area contributed by atoms with Crippen molar-refractivity contribution < 1.29 is 8.83 Å². The number of para-hydroxylation sites is 4. The topological polar surface area (TPSA) is 52.1 Å². The van der Waals surface area contributed by atoms with E-state index >= 15 is 0 Å². The smallest absolute Gasteiger partial charge is 0.228 e. The van der Waals surface area contributed by atoms with Crippen molar-refractivity contribution in [2.24, 2.45) is 0 Å². The maximum Gasteiger partial charge on any atom is 0.228 e. The van der Waals surface area contributed by atoms with Gasteiger partial charge in [-0.15, -0.1) is 0 Å². The standard InChI is InChI=1S/C28H18N2O2/c1-3-11-19(12-4-1)25(27-29-21-15-7-9-17-23(21)31-27)26(20-13-5-2-6-14-20)28-30-22-16-8-10-18-24(22)32-28/h1-18H/b26-25+. The molecule has 4 aromatic carbocycles. The van der Waals surface area contributed by atoms with Crippen molar-refractivity contribution >= 4 is 33.3 Å². The Balaban J connectivity index is 1.73. The fourth-order valence-electron chi connectivity index (χ4n) is 3.92. The molecule has 0 aliphatic rings. The molecule has 0 bridgehead atoms. The van der Waals surface area contributed by atoms with Gasteiger partial charge in [-0.2, -0.15) is 0 Å². The molecule has 6 rings (SSSR count). The molecule has 0 unspecified atom stereocenters. The van der Waals surface area contributed by atoms with Gasteiger partial charge >= 0.3 is 0 Å². The average Bonchev–Trinajstić information content (AvgIpc) is 3.47. The Morgan fingerprint density at radius 1 is 0.438 bits per heavy atom. The molecule has 0 aliphatic carbocycles. The molecule has 2 aromatic heterocycles. The van der Waals surface area contributed by atoms with Crippen LogP contribution >= 0.6 is 0 Å². The fourth-order valence-corrected chi connectivity index (χ4v) is 3.92. The molecular formula is C28H18N2O2. The highest BCUT2D eigenvalue weighted by Crippen LogP contribution is 2.38. The lowest BCUT2D eigenvalue weighted by Gasteiger charge is -2.12. The lowest BCUT2D eigenvalue weighted by molar-refractivity contribution is 0.578. The van der Waals surface area contributed by atoms with Crippen molar-refractivity contribution in [3.05, 3.63) is 132 Å². The number of nitrogens with zero attached hydrogens (tertiary/aromatic N) is 2. The summed E-state index contributed by atoms with van der Waals surface area (Å²) in [7, 11) is 0. The summed E-state index contributed by atoms with van der Waals surface area (Å²) >= 11 is 0. The zero-order chi connectivity index (χ0) is 21.3. The summed E-state index contributed by atoms with van der Waals surface area (Å²) in [6.45, 7) is 0. The molecule has 0 fully saturated rings. The van der Waals surface area contributed by atoms with Crippen molar-refractivity contribution in [3.63, 3.8) is 0 Å². The van der Waals surface area contributed by atoms with Crippen molar-refractivity contribution in [1.29, 1.82) is 0 Å². The lowest BCUT2D eigenvalue weighted by Crippen LogP contribution is -1.98. The number of benzene rings is 4. The second-order valence-corrected chi connectivity index (χ2v) is 7.46. The predicted octanol–water partition coefficient (Wildman–Crippen LogP) is 6.98. The lowest BCUT2D eigenvalue weighted by atomic mass is 9.94. The van der Waals surface area contributed by atoms with Crippen LogP contribution in [0.5, 0.6) is 0 Å². The van der Waals surface area contributed by atoms with E-state index in [0.29, 0.717) is 11.8 Å². The Hall–Kier alpha value is -4.44. The summed E-state index contributed by atoms with van der Waals surface area (Å²) in [5, 5.41) is 0.